The molecule has 0 amide bonds. The van der Waals surface area contributed by atoms with E-state index in [4.69, 9.17) is 16.0 Å². The van der Waals surface area contributed by atoms with Gasteiger partial charge in [0.05, 0.1) is 17.1 Å². The Bertz CT molecular complexity index is 720. The van der Waals surface area contributed by atoms with Crippen molar-refractivity contribution in [2.75, 3.05) is 19.6 Å². The Balaban J connectivity index is 1.45. The number of nitrogens with one attached hydrogen (secondary N) is 1. The van der Waals surface area contributed by atoms with Crippen molar-refractivity contribution in [2.45, 2.75) is 23.6 Å². The largest absolute Gasteiger partial charge is 0.468 e. The number of hydrogen-bond donors (Lipinski definition) is 1. The van der Waals surface area contributed by atoms with Crippen molar-refractivity contribution in [1.29, 1.82) is 0 Å². The first kappa shape index (κ1) is 17.0. The summed E-state index contributed by atoms with van der Waals surface area (Å²) in [6, 6.07) is 7.02. The Kier molecular flexibility index (Phi) is 5.43. The molecule has 8 heteroatoms. The molecule has 2 aromatic rings. The highest BCUT2D eigenvalue weighted by Crippen LogP contribution is 2.26. The zero-order valence-electron chi connectivity index (χ0n) is 12.6. The van der Waals surface area contributed by atoms with Crippen LogP contribution in [0.4, 0.5) is 0 Å². The van der Waals surface area contributed by atoms with Crippen LogP contribution in [0.1, 0.15) is 18.6 Å². The second kappa shape index (κ2) is 7.36. The van der Waals surface area contributed by atoms with Crippen LogP contribution in [0.2, 0.25) is 4.34 Å². The van der Waals surface area contributed by atoms with Gasteiger partial charge in [-0.15, -0.1) is 11.3 Å². The second-order valence-corrected chi connectivity index (χ2v) is 9.42. The Hall–Kier alpha value is -0.860. The molecule has 3 rings (SSSR count). The highest BCUT2D eigenvalue weighted by Gasteiger charge is 2.23. The Labute approximate surface area is 145 Å². The molecule has 1 aliphatic heterocycles. The lowest BCUT2D eigenvalue weighted by Crippen LogP contribution is -2.38. The van der Waals surface area contributed by atoms with Gasteiger partial charge in [-0.05, 0) is 56.1 Å². The van der Waals surface area contributed by atoms with Gasteiger partial charge in [0.1, 0.15) is 9.97 Å². The van der Waals surface area contributed by atoms with Crippen LogP contribution in [0, 0.1) is 5.92 Å². The van der Waals surface area contributed by atoms with Crippen molar-refractivity contribution >= 4 is 33.0 Å². The first-order valence-electron chi connectivity index (χ1n) is 7.53. The molecule has 2 aromatic heterocycles. The van der Waals surface area contributed by atoms with Crippen LogP contribution in [0.3, 0.4) is 0 Å². The van der Waals surface area contributed by atoms with E-state index >= 15 is 0 Å². The van der Waals surface area contributed by atoms with Gasteiger partial charge in [-0.1, -0.05) is 11.6 Å². The Morgan fingerprint density at radius 2 is 2.09 bits per heavy atom. The lowest BCUT2D eigenvalue weighted by Gasteiger charge is -2.31. The van der Waals surface area contributed by atoms with Gasteiger partial charge in [0.15, 0.2) is 0 Å². The summed E-state index contributed by atoms with van der Waals surface area (Å²) >= 11 is 6.88. The molecule has 1 saturated heterocycles. The second-order valence-electron chi connectivity index (χ2n) is 5.71. The van der Waals surface area contributed by atoms with Crippen LogP contribution < -0.4 is 4.72 Å². The van der Waals surface area contributed by atoms with Gasteiger partial charge in [-0.2, -0.15) is 0 Å². The standard InChI is InChI=1S/C15H19ClN2O3S2/c16-14-3-4-15(22-14)23(19,20)17-10-12-5-7-18(8-6-12)11-13-2-1-9-21-13/h1-4,9,12,17H,5-8,10-11H2. The fraction of sp³-hybridized carbons (Fsp3) is 0.467. The number of nitrogens with zero attached hydrogens (tertiary/aromatic N) is 1. The molecule has 1 fully saturated rings. The first-order valence-corrected chi connectivity index (χ1v) is 10.2. The zero-order chi connectivity index (χ0) is 16.3. The molecule has 0 radical (unpaired) electrons. The Morgan fingerprint density at radius 3 is 2.70 bits per heavy atom. The third-order valence-corrected chi connectivity index (χ3v) is 7.19. The molecule has 0 unspecified atom stereocenters. The minimum Gasteiger partial charge on any atom is -0.468 e. The van der Waals surface area contributed by atoms with Crippen LogP contribution >= 0.6 is 22.9 Å². The molecule has 0 spiro atoms. The molecule has 1 N–H and O–H groups in total. The van der Waals surface area contributed by atoms with E-state index in [0.717, 1.165) is 49.6 Å². The van der Waals surface area contributed by atoms with E-state index in [9.17, 15) is 8.42 Å². The van der Waals surface area contributed by atoms with Gasteiger partial charge < -0.3 is 4.42 Å². The summed E-state index contributed by atoms with van der Waals surface area (Å²) in [4.78, 5) is 2.34. The topological polar surface area (TPSA) is 62.6 Å². The van der Waals surface area contributed by atoms with Gasteiger partial charge in [-0.25, -0.2) is 13.1 Å². The molecule has 1 aliphatic rings. The Morgan fingerprint density at radius 1 is 1.30 bits per heavy atom. The summed E-state index contributed by atoms with van der Waals surface area (Å²) in [6.07, 6.45) is 3.65. The number of rotatable bonds is 6. The fourth-order valence-corrected chi connectivity index (χ4v) is 5.36. The molecule has 0 aromatic carbocycles. The van der Waals surface area contributed by atoms with Crippen molar-refractivity contribution in [1.82, 2.24) is 9.62 Å². The van der Waals surface area contributed by atoms with Gasteiger partial charge in [0.25, 0.3) is 0 Å². The predicted molar refractivity (Wildman–Crippen MR) is 91.2 cm³/mol. The normalized spacial score (nSPS) is 17.6. The fourth-order valence-electron chi connectivity index (χ4n) is 2.71. The van der Waals surface area contributed by atoms with E-state index < -0.39 is 10.0 Å². The molecule has 23 heavy (non-hydrogen) atoms. The van der Waals surface area contributed by atoms with E-state index in [1.54, 1.807) is 18.4 Å². The highest BCUT2D eigenvalue weighted by atomic mass is 35.5. The number of hydrogen-bond acceptors (Lipinski definition) is 5. The molecule has 0 atom stereocenters. The molecule has 3 heterocycles. The van der Waals surface area contributed by atoms with Gasteiger partial charge in [-0.3, -0.25) is 4.90 Å². The van der Waals surface area contributed by atoms with Crippen molar-refractivity contribution in [3.8, 4) is 0 Å². The smallest absolute Gasteiger partial charge is 0.250 e. The monoisotopic (exact) mass is 374 g/mol. The SMILES string of the molecule is O=S(=O)(NCC1CCN(Cc2ccco2)CC1)c1ccc(Cl)s1. The van der Waals surface area contributed by atoms with Crippen LogP contribution in [0.15, 0.2) is 39.2 Å². The maximum absolute atomic E-state index is 12.2. The number of piperidine rings is 1. The average Bonchev–Trinajstić information content (AvgIpc) is 3.18. The molecular formula is C15H19ClN2O3S2. The van der Waals surface area contributed by atoms with Gasteiger partial charge >= 0.3 is 0 Å². The first-order chi connectivity index (χ1) is 11.0. The quantitative estimate of drug-likeness (QED) is 0.843. The summed E-state index contributed by atoms with van der Waals surface area (Å²) in [7, 11) is -3.44. The van der Waals surface area contributed by atoms with Gasteiger partial charge in [0, 0.05) is 6.54 Å². The van der Waals surface area contributed by atoms with E-state index in [1.807, 2.05) is 12.1 Å². The van der Waals surface area contributed by atoms with Gasteiger partial charge in [0.2, 0.25) is 10.0 Å². The molecule has 0 bridgehead atoms. The number of furan rings is 1. The minimum absolute atomic E-state index is 0.276. The van der Waals surface area contributed by atoms with E-state index in [1.165, 1.54) is 0 Å². The van der Waals surface area contributed by atoms with E-state index in [0.29, 0.717) is 16.8 Å². The van der Waals surface area contributed by atoms with Crippen molar-refractivity contribution in [3.63, 3.8) is 0 Å². The molecule has 0 saturated carbocycles. The van der Waals surface area contributed by atoms with Crippen molar-refractivity contribution in [2.24, 2.45) is 5.92 Å². The summed E-state index contributed by atoms with van der Waals surface area (Å²) in [5.41, 5.74) is 0. The van der Waals surface area contributed by atoms with Crippen molar-refractivity contribution < 1.29 is 12.8 Å². The third kappa shape index (κ3) is 4.58. The number of thiophene rings is 1. The van der Waals surface area contributed by atoms with Crippen LogP contribution in [-0.2, 0) is 16.6 Å². The molecule has 126 valence electrons. The lowest BCUT2D eigenvalue weighted by atomic mass is 9.97. The number of likely N-dealkylation sites (tertiary alicyclic amines) is 1. The molecular weight excluding hydrogens is 356 g/mol. The molecule has 0 aliphatic carbocycles. The number of halogens is 1. The van der Waals surface area contributed by atoms with Crippen molar-refractivity contribution in [3.05, 3.63) is 40.6 Å². The summed E-state index contributed by atoms with van der Waals surface area (Å²) in [5, 5.41) is 0. The maximum Gasteiger partial charge on any atom is 0.250 e. The summed E-state index contributed by atoms with van der Waals surface area (Å²) in [5.74, 6) is 1.34. The van der Waals surface area contributed by atoms with Crippen LogP contribution in [0.25, 0.3) is 0 Å². The minimum atomic E-state index is -3.44. The average molecular weight is 375 g/mol. The number of sulfonamides is 1. The lowest BCUT2D eigenvalue weighted by molar-refractivity contribution is 0.168. The van der Waals surface area contributed by atoms with Crippen LogP contribution in [0.5, 0.6) is 0 Å². The van der Waals surface area contributed by atoms with Crippen LogP contribution in [-0.4, -0.2) is 33.0 Å². The van der Waals surface area contributed by atoms with E-state index in [2.05, 4.69) is 9.62 Å². The third-order valence-electron chi connectivity index (χ3n) is 4.04. The zero-order valence-corrected chi connectivity index (χ0v) is 15.0. The maximum atomic E-state index is 12.2. The summed E-state index contributed by atoms with van der Waals surface area (Å²) in [6.45, 7) is 3.21. The summed E-state index contributed by atoms with van der Waals surface area (Å²) < 4.78 is 33.2. The molecule has 5 nitrogen and oxygen atoms in total. The predicted octanol–water partition coefficient (Wildman–Crippen LogP) is 3.19. The van der Waals surface area contributed by atoms with E-state index in [-0.39, 0.29) is 4.21 Å². The highest BCUT2D eigenvalue weighted by molar-refractivity contribution is 7.91.